The number of methoxy groups -OCH3 is 1. The lowest BCUT2D eigenvalue weighted by atomic mass is 9.67. The quantitative estimate of drug-likeness (QED) is 0.620. The van der Waals surface area contributed by atoms with Gasteiger partial charge >= 0.3 is 0 Å². The number of rotatable bonds is 5. The maximum atomic E-state index is 13.5. The van der Waals surface area contributed by atoms with Crippen LogP contribution in [0.3, 0.4) is 0 Å². The first-order valence-corrected chi connectivity index (χ1v) is 12.0. The number of allylic oxidation sites excluding steroid dienone is 2. The first-order chi connectivity index (χ1) is 17.2. The lowest BCUT2D eigenvalue weighted by molar-refractivity contribution is -0.140. The molecule has 186 valence electrons. The summed E-state index contributed by atoms with van der Waals surface area (Å²) in [5, 5.41) is 13.8. The summed E-state index contributed by atoms with van der Waals surface area (Å²) in [5.41, 5.74) is 2.04. The Morgan fingerprint density at radius 1 is 1.22 bits per heavy atom. The van der Waals surface area contributed by atoms with E-state index in [2.05, 4.69) is 11.4 Å². The summed E-state index contributed by atoms with van der Waals surface area (Å²) in [5.74, 6) is -4.32. The number of fused-ring (bicyclic) bond motifs is 4. The first-order valence-electron chi connectivity index (χ1n) is 12.0. The van der Waals surface area contributed by atoms with E-state index in [0.717, 1.165) is 37.3 Å². The van der Waals surface area contributed by atoms with Gasteiger partial charge in [0, 0.05) is 18.7 Å². The molecule has 0 aromatic heterocycles. The number of ketones is 3. The van der Waals surface area contributed by atoms with Crippen molar-refractivity contribution in [3.8, 4) is 17.2 Å². The molecular weight excluding hydrogens is 462 g/mol. The Bertz CT molecular complexity index is 1370. The molecule has 36 heavy (non-hydrogen) atoms. The van der Waals surface area contributed by atoms with Crippen molar-refractivity contribution in [1.29, 1.82) is 0 Å². The highest BCUT2D eigenvalue weighted by Gasteiger charge is 2.58. The number of phenolic OH excluding ortho intramolecular Hbond substituents is 1. The molecule has 2 aromatic rings. The van der Waals surface area contributed by atoms with E-state index in [1.54, 1.807) is 0 Å². The highest BCUT2D eigenvalue weighted by Crippen LogP contribution is 2.56. The van der Waals surface area contributed by atoms with Crippen LogP contribution in [0.5, 0.6) is 17.2 Å². The number of hydrogen-bond acceptors (Lipinski definition) is 7. The van der Waals surface area contributed by atoms with Gasteiger partial charge in [0.15, 0.2) is 17.3 Å². The van der Waals surface area contributed by atoms with Crippen LogP contribution in [-0.4, -0.2) is 35.5 Å². The summed E-state index contributed by atoms with van der Waals surface area (Å²) >= 11 is 0. The number of amides is 1. The largest absolute Gasteiger partial charge is 0.507 e. The molecule has 3 aliphatic rings. The molecule has 2 aromatic carbocycles. The van der Waals surface area contributed by atoms with E-state index in [4.69, 9.17) is 9.47 Å². The van der Waals surface area contributed by atoms with Gasteiger partial charge in [0.2, 0.25) is 0 Å². The van der Waals surface area contributed by atoms with Gasteiger partial charge in [-0.2, -0.15) is 0 Å². The van der Waals surface area contributed by atoms with Gasteiger partial charge < -0.3 is 19.9 Å². The second-order valence-electron chi connectivity index (χ2n) is 9.67. The van der Waals surface area contributed by atoms with Gasteiger partial charge in [0.25, 0.3) is 5.91 Å². The normalized spacial score (nSPS) is 22.1. The van der Waals surface area contributed by atoms with Gasteiger partial charge in [-0.15, -0.1) is 0 Å². The van der Waals surface area contributed by atoms with Crippen LogP contribution in [0, 0.1) is 5.92 Å². The summed E-state index contributed by atoms with van der Waals surface area (Å²) in [6.45, 7) is 2.94. The minimum atomic E-state index is -1.59. The Morgan fingerprint density at radius 3 is 2.69 bits per heavy atom. The zero-order chi connectivity index (χ0) is 25.8. The van der Waals surface area contributed by atoms with Crippen molar-refractivity contribution in [3.05, 3.63) is 63.9 Å². The fourth-order valence-corrected chi connectivity index (χ4v) is 5.64. The molecule has 0 fully saturated rings. The molecule has 0 saturated carbocycles. The second-order valence-corrected chi connectivity index (χ2v) is 9.67. The van der Waals surface area contributed by atoms with E-state index in [-0.39, 0.29) is 40.7 Å². The smallest absolute Gasteiger partial charge is 0.259 e. The van der Waals surface area contributed by atoms with Gasteiger partial charge in [-0.1, -0.05) is 18.2 Å². The molecule has 0 spiro atoms. The average Bonchev–Trinajstić information content (AvgIpc) is 3.15. The summed E-state index contributed by atoms with van der Waals surface area (Å²) in [4.78, 5) is 51.5. The number of aryl methyl sites for hydroxylation is 1. The highest BCUT2D eigenvalue weighted by atomic mass is 16.5. The molecule has 1 heterocycles. The monoisotopic (exact) mass is 489 g/mol. The van der Waals surface area contributed by atoms with Gasteiger partial charge in [0.05, 0.1) is 12.7 Å². The second kappa shape index (κ2) is 8.62. The minimum Gasteiger partial charge on any atom is -0.507 e. The third-order valence-corrected chi connectivity index (χ3v) is 7.53. The molecule has 0 saturated heterocycles. The number of ether oxygens (including phenoxy) is 2. The molecule has 5 rings (SSSR count). The van der Waals surface area contributed by atoms with Crippen LogP contribution >= 0.6 is 0 Å². The van der Waals surface area contributed by atoms with E-state index in [1.165, 1.54) is 38.2 Å². The molecule has 1 amide bonds. The van der Waals surface area contributed by atoms with Gasteiger partial charge in [-0.3, -0.25) is 19.2 Å². The van der Waals surface area contributed by atoms with Crippen LogP contribution in [-0.2, 0) is 39.2 Å². The maximum absolute atomic E-state index is 13.5. The number of carbonyl (C=O) groups excluding carboxylic acids is 4. The minimum absolute atomic E-state index is 0.00578. The van der Waals surface area contributed by atoms with Crippen molar-refractivity contribution in [2.75, 3.05) is 7.11 Å². The third kappa shape index (κ3) is 3.43. The molecule has 0 radical (unpaired) electrons. The van der Waals surface area contributed by atoms with Gasteiger partial charge in [0.1, 0.15) is 39.9 Å². The van der Waals surface area contributed by atoms with Crippen molar-refractivity contribution < 1.29 is 33.8 Å². The Morgan fingerprint density at radius 2 is 1.97 bits per heavy atom. The number of phenols is 1. The number of nitrogens with one attached hydrogen (secondary N) is 1. The standard InChI is InChI=1S/C28H27NO7/c1-14(30)22-18(31)12-21-28(2,26(22)33)24-19(32)11-20(35-3)23(25(24)36-21)27(34)29-13-16-9-6-8-15-7-4-5-10-17(15)16/h6,8-9,11-12,22,32H,4-5,7,10,13H2,1-3H3,(H,29,34)/t22?,28-/m1/s1. The summed E-state index contributed by atoms with van der Waals surface area (Å²) in [6, 6.07) is 7.35. The molecule has 1 aliphatic heterocycles. The molecule has 1 unspecified atom stereocenters. The maximum Gasteiger partial charge on any atom is 0.259 e. The molecular formula is C28H27NO7. The van der Waals surface area contributed by atoms with Crippen LogP contribution in [0.4, 0.5) is 0 Å². The fraction of sp³-hybridized carbons (Fsp3) is 0.357. The first kappa shape index (κ1) is 23.8. The summed E-state index contributed by atoms with van der Waals surface area (Å²) in [7, 11) is 1.36. The van der Waals surface area contributed by atoms with Gasteiger partial charge in [-0.25, -0.2) is 0 Å². The molecule has 2 aliphatic carbocycles. The summed E-state index contributed by atoms with van der Waals surface area (Å²) < 4.78 is 11.3. The molecule has 0 bridgehead atoms. The number of hydrogen-bond donors (Lipinski definition) is 2. The average molecular weight is 490 g/mol. The SMILES string of the molecule is COc1cc(O)c2c(c1C(=O)NCc1cccc3c1CCCC3)OC1=CC(=O)C(C(C)=O)C(=O)[C@]12C. The highest BCUT2D eigenvalue weighted by molar-refractivity contribution is 6.27. The topological polar surface area (TPSA) is 119 Å². The summed E-state index contributed by atoms with van der Waals surface area (Å²) in [6.07, 6.45) is 5.34. The van der Waals surface area contributed by atoms with Crippen LogP contribution in [0.2, 0.25) is 0 Å². The third-order valence-electron chi connectivity index (χ3n) is 7.53. The van der Waals surface area contributed by atoms with Crippen LogP contribution in [0.15, 0.2) is 36.1 Å². The van der Waals surface area contributed by atoms with E-state index < -0.39 is 34.6 Å². The molecule has 8 heteroatoms. The molecule has 2 atom stereocenters. The van der Waals surface area contributed by atoms with Crippen molar-refractivity contribution in [2.24, 2.45) is 5.92 Å². The lowest BCUT2D eigenvalue weighted by Gasteiger charge is -2.30. The van der Waals surface area contributed by atoms with Crippen LogP contribution in [0.25, 0.3) is 0 Å². The Hall–Kier alpha value is -3.94. The van der Waals surface area contributed by atoms with E-state index in [1.807, 2.05) is 12.1 Å². The molecule has 8 nitrogen and oxygen atoms in total. The van der Waals surface area contributed by atoms with E-state index in [9.17, 15) is 24.3 Å². The van der Waals surface area contributed by atoms with Crippen LogP contribution in [0.1, 0.15) is 59.3 Å². The predicted octanol–water partition coefficient (Wildman–Crippen LogP) is 3.10. The number of aromatic hydroxyl groups is 1. The Balaban J connectivity index is 1.55. The van der Waals surface area contributed by atoms with E-state index >= 15 is 0 Å². The Labute approximate surface area is 208 Å². The van der Waals surface area contributed by atoms with Crippen molar-refractivity contribution in [2.45, 2.75) is 51.5 Å². The zero-order valence-electron chi connectivity index (χ0n) is 20.4. The van der Waals surface area contributed by atoms with Crippen LogP contribution < -0.4 is 14.8 Å². The fourth-order valence-electron chi connectivity index (χ4n) is 5.64. The van der Waals surface area contributed by atoms with Crippen molar-refractivity contribution in [1.82, 2.24) is 5.32 Å². The predicted molar refractivity (Wildman–Crippen MR) is 129 cm³/mol. The zero-order valence-corrected chi connectivity index (χ0v) is 20.4. The number of carbonyl (C=O) groups is 4. The van der Waals surface area contributed by atoms with Crippen molar-refractivity contribution >= 4 is 23.3 Å². The van der Waals surface area contributed by atoms with E-state index in [0.29, 0.717) is 0 Å². The van der Waals surface area contributed by atoms with Crippen molar-refractivity contribution in [3.63, 3.8) is 0 Å². The Kier molecular flexibility index (Phi) is 5.70. The lowest BCUT2D eigenvalue weighted by Crippen LogP contribution is -2.47. The molecule has 2 N–H and O–H groups in total. The number of Topliss-reactive ketones (excluding diaryl/α,β-unsaturated/α-hetero) is 2. The van der Waals surface area contributed by atoms with Gasteiger partial charge in [-0.05, 0) is 56.2 Å². The number of benzene rings is 2.